The van der Waals surface area contributed by atoms with Gasteiger partial charge < -0.3 is 33.2 Å². The van der Waals surface area contributed by atoms with Gasteiger partial charge in [-0.3, -0.25) is 38.9 Å². The Labute approximate surface area is 683 Å². The molecule has 8 atom stereocenters. The van der Waals surface area contributed by atoms with Gasteiger partial charge in [-0.15, -0.1) is 11.3 Å². The van der Waals surface area contributed by atoms with Gasteiger partial charge in [0.05, 0.1) is 74.7 Å². The highest BCUT2D eigenvalue weighted by Gasteiger charge is 2.41. The van der Waals surface area contributed by atoms with Crippen LogP contribution in [0, 0.1) is 36.0 Å². The lowest BCUT2D eigenvalue weighted by atomic mass is 9.94. The van der Waals surface area contributed by atoms with Crippen molar-refractivity contribution in [2.24, 2.45) is 0 Å². The Kier molecular flexibility index (Phi) is 25.8. The highest BCUT2D eigenvalue weighted by molar-refractivity contribution is 7.15. The van der Waals surface area contributed by atoms with Gasteiger partial charge in [0.2, 0.25) is 11.8 Å². The predicted octanol–water partition coefficient (Wildman–Crippen LogP) is 18.9. The maximum Gasteiger partial charge on any atom is 0.345 e. The quantitative estimate of drug-likeness (QED) is 0.0642. The predicted molar refractivity (Wildman–Crippen MR) is 413 cm³/mol. The summed E-state index contributed by atoms with van der Waals surface area (Å²) in [6.45, 7) is 2.86. The van der Waals surface area contributed by atoms with Crippen LogP contribution in [-0.2, 0) is 55.8 Å². The molecule has 18 rings (SSSR count). The summed E-state index contributed by atoms with van der Waals surface area (Å²) >= 11 is 13.1. The number of benzene rings is 1. The fourth-order valence-electron chi connectivity index (χ4n) is 15.5. The number of hydrogen-bond donors (Lipinski definition) is 0. The number of fused-ring (bicyclic) bond motifs is 14. The molecule has 17 heterocycles. The monoisotopic (exact) mass is 1690 g/mol. The third kappa shape index (κ3) is 19.1. The maximum absolute atomic E-state index is 14.4. The van der Waals surface area contributed by atoms with Crippen LogP contribution in [0.2, 0.25) is 10.0 Å². The molecule has 3 saturated heterocycles. The van der Waals surface area contributed by atoms with Gasteiger partial charge in [0.25, 0.3) is 0 Å². The number of thiazole rings is 1. The van der Waals surface area contributed by atoms with Gasteiger partial charge in [0.15, 0.2) is 46.4 Å². The van der Waals surface area contributed by atoms with Crippen LogP contribution in [0.4, 0.5) is 39.5 Å². The van der Waals surface area contributed by atoms with Crippen molar-refractivity contribution < 1.29 is 96.6 Å². The van der Waals surface area contributed by atoms with E-state index in [4.69, 9.17) is 46.9 Å². The molecule has 6 bridgehead atoms. The average Bonchev–Trinajstić information content (AvgIpc) is 1.54. The molecular formula is C85H74Cl2F9N9O12S. The average molecular weight is 1690 g/mol. The van der Waals surface area contributed by atoms with Crippen LogP contribution in [0.5, 0.6) is 11.8 Å². The maximum atomic E-state index is 14.4. The normalized spacial score (nSPS) is 19.8. The Morgan fingerprint density at radius 2 is 0.797 bits per heavy atom. The van der Waals surface area contributed by atoms with Crippen LogP contribution >= 0.6 is 34.5 Å². The minimum atomic E-state index is -2.86. The summed E-state index contributed by atoms with van der Waals surface area (Å²) in [4.78, 5) is 98.1. The molecule has 0 aliphatic carbocycles. The number of halogens is 11. The Balaban J connectivity index is 0.000000121. The van der Waals surface area contributed by atoms with E-state index in [1.54, 1.807) is 48.7 Å². The fraction of sp³-hybridized carbons (Fsp3) is 0.365. The van der Waals surface area contributed by atoms with E-state index >= 15 is 0 Å². The smallest absolute Gasteiger partial charge is 0.345 e. The summed E-state index contributed by atoms with van der Waals surface area (Å²) in [5.41, 5.74) is 12.4. The topological polar surface area (TPSA) is 266 Å². The molecule has 8 aliphatic heterocycles. The number of nitrogens with zero attached hydrogens (tertiary/aromatic N) is 9. The van der Waals surface area contributed by atoms with Gasteiger partial charge in [-0.05, 0) is 154 Å². The first-order valence-electron chi connectivity index (χ1n) is 37.9. The molecule has 0 radical (unpaired) electrons. The molecular weight excluding hydrogens is 1610 g/mol. The van der Waals surface area contributed by atoms with Crippen LogP contribution in [-0.4, -0.2) is 131 Å². The lowest BCUT2D eigenvalue weighted by molar-refractivity contribution is -0.146. The van der Waals surface area contributed by atoms with Crippen molar-refractivity contribution >= 4 is 63.5 Å². The molecule has 0 N–H and O–H groups in total. The van der Waals surface area contributed by atoms with Crippen LogP contribution in [0.25, 0.3) is 55.3 Å². The van der Waals surface area contributed by atoms with Gasteiger partial charge in [0.1, 0.15) is 87.7 Å². The van der Waals surface area contributed by atoms with Crippen molar-refractivity contribution in [3.8, 4) is 67.1 Å². The summed E-state index contributed by atoms with van der Waals surface area (Å²) in [5, 5.41) is 1.40. The van der Waals surface area contributed by atoms with Crippen LogP contribution < -0.4 is 9.47 Å². The Bertz CT molecular complexity index is 5250. The van der Waals surface area contributed by atoms with E-state index in [-0.39, 0.29) is 135 Å². The number of hydrogen-bond acceptors (Lipinski definition) is 22. The van der Waals surface area contributed by atoms with Crippen molar-refractivity contribution in [2.75, 3.05) is 13.2 Å². The largest absolute Gasteiger partial charge is 0.472 e. The molecule has 8 aliphatic rings. The van der Waals surface area contributed by atoms with E-state index in [0.717, 1.165) is 117 Å². The van der Waals surface area contributed by atoms with Crippen molar-refractivity contribution in [1.29, 1.82) is 0 Å². The first-order chi connectivity index (χ1) is 56.4. The molecule has 21 nitrogen and oxygen atoms in total. The number of alkyl halides is 4. The second-order valence-electron chi connectivity index (χ2n) is 29.2. The second kappa shape index (κ2) is 36.1. The lowest BCUT2D eigenvalue weighted by Gasteiger charge is -2.27. The van der Waals surface area contributed by atoms with E-state index in [1.165, 1.54) is 82.6 Å². The van der Waals surface area contributed by atoms with Crippen LogP contribution in [0.1, 0.15) is 207 Å². The number of rotatable bonds is 16. The molecule has 0 amide bonds. The van der Waals surface area contributed by atoms with E-state index < -0.39 is 48.7 Å². The van der Waals surface area contributed by atoms with Gasteiger partial charge >= 0.3 is 13.2 Å². The Morgan fingerprint density at radius 3 is 1.16 bits per heavy atom. The number of ether oxygens (including phenoxy) is 7. The summed E-state index contributed by atoms with van der Waals surface area (Å²) in [5.74, 6) is -3.26. The van der Waals surface area contributed by atoms with Gasteiger partial charge in [-0.1, -0.05) is 35.3 Å². The molecule has 9 aromatic heterocycles. The van der Waals surface area contributed by atoms with Crippen LogP contribution in [0.3, 0.4) is 0 Å². The highest BCUT2D eigenvalue weighted by atomic mass is 35.5. The molecule has 1 aromatic carbocycles. The van der Waals surface area contributed by atoms with E-state index in [1.807, 2.05) is 6.92 Å². The number of ketones is 5. The molecule has 0 saturated carbocycles. The van der Waals surface area contributed by atoms with E-state index in [2.05, 4.69) is 54.3 Å². The van der Waals surface area contributed by atoms with Crippen molar-refractivity contribution in [3.05, 3.63) is 215 Å². The first-order valence-corrected chi connectivity index (χ1v) is 39.5. The number of carbonyl (C=O) groups is 5. The molecule has 614 valence electrons. The molecule has 0 unspecified atom stereocenters. The number of aromatic nitrogens is 9. The second-order valence-corrected chi connectivity index (χ2v) is 31.4. The molecule has 3 fully saturated rings. The Hall–Kier alpha value is -10.3. The number of Topliss-reactive ketones (excluding diaryl/α,β-unsaturated/α-hetero) is 5. The zero-order valence-electron chi connectivity index (χ0n) is 64.1. The third-order valence-corrected chi connectivity index (χ3v) is 22.4. The lowest BCUT2D eigenvalue weighted by Crippen LogP contribution is -2.29. The SMILES string of the molecule is CC(=O)c1cc(-c2ccc(F)cc2)c2c(n1)O[C@@H](COC(F)F)CC2.CC(=O)c1cc(-c2cnc(C)s2)c2c(n1)O[C@H](COC(F)F)CC2.CC(=O)c1cc(-c2ncc(Cl)cc2F)c2c(n1)[C@@H]1CC[C@H](C2)O1.CC(=O)c1cc(-c2ncc(Cl)cc2F)c2c(n1)[C@H]1CC[C@@H](C2)O1.CC(=O)c1cc(-c2ncc(F)cc2F)c2c(n1)[C@@H]1CC[C@H](C2)O1. The van der Waals surface area contributed by atoms with Gasteiger partial charge in [-0.2, -0.15) is 17.6 Å². The number of pyridine rings is 8. The fourth-order valence-corrected chi connectivity index (χ4v) is 16.6. The van der Waals surface area contributed by atoms with Crippen molar-refractivity contribution in [1.82, 2.24) is 44.9 Å². The van der Waals surface area contributed by atoms with E-state index in [9.17, 15) is 63.5 Å². The molecule has 33 heteroatoms. The zero-order chi connectivity index (χ0) is 83.7. The van der Waals surface area contributed by atoms with Crippen molar-refractivity contribution in [2.45, 2.75) is 187 Å². The summed E-state index contributed by atoms with van der Waals surface area (Å²) in [7, 11) is 0. The van der Waals surface area contributed by atoms with E-state index in [0.29, 0.717) is 84.6 Å². The van der Waals surface area contributed by atoms with Gasteiger partial charge in [0, 0.05) is 112 Å². The van der Waals surface area contributed by atoms with Gasteiger partial charge in [-0.25, -0.2) is 51.9 Å². The van der Waals surface area contributed by atoms with Crippen LogP contribution in [0.15, 0.2) is 97.6 Å². The number of carbonyl (C=O) groups excluding carboxylic acids is 5. The number of aryl methyl sites for hydroxylation is 1. The summed E-state index contributed by atoms with van der Waals surface area (Å²) < 4.78 is 156. The standard InChI is InChI=1S/C18H16F3NO3.2C17H14ClFN2O2.C17H14F2N2O2.C16H16F2N2O3S/c1-10(23)16-8-15(11-2-4-12(19)5-3-11)14-7-6-13(9-24-18(20)21)25-17(14)22-16;3*1-8(22)14-6-12(16-13(19)4-9(18)7-20-16)11-5-10-2-3-15(23-10)17(11)21-14;1-8(21)13-5-12(14-6-19-9(2)24-14)11-4-3-10(7-22-16(17)18)23-15(11)20-13/h2-5,8,13,18H,6-7,9H2,1H3;3*4,6-7,10,15H,2-3,5H2,1H3;5-6,10,16H,3-4,7H2,1-2H3/t13-;3*10-,15+;10-/m11010/s1. The minimum Gasteiger partial charge on any atom is -0.472 e. The first kappa shape index (κ1) is 84.2. The minimum absolute atomic E-state index is 0.0499. The summed E-state index contributed by atoms with van der Waals surface area (Å²) in [6.07, 6.45) is 14.0. The molecule has 0 spiro atoms. The summed E-state index contributed by atoms with van der Waals surface area (Å²) in [6, 6.07) is 17.4. The molecule has 118 heavy (non-hydrogen) atoms. The third-order valence-electron chi connectivity index (χ3n) is 21.0. The molecule has 10 aromatic rings. The zero-order valence-corrected chi connectivity index (χ0v) is 66.4. The highest BCUT2D eigenvalue weighted by Crippen LogP contribution is 2.48. The Morgan fingerprint density at radius 1 is 0.432 bits per heavy atom. The van der Waals surface area contributed by atoms with Crippen molar-refractivity contribution in [3.63, 3.8) is 0 Å².